The molecule has 0 unspecified atom stereocenters. The lowest BCUT2D eigenvalue weighted by atomic mass is 9.93. The van der Waals surface area contributed by atoms with E-state index in [1.165, 1.54) is 13.8 Å². The number of hydrogen-bond acceptors (Lipinski definition) is 11. The third kappa shape index (κ3) is 8.66. The zero-order valence-electron chi connectivity index (χ0n) is 31.6. The summed E-state index contributed by atoms with van der Waals surface area (Å²) in [5.41, 5.74) is -3.96. The average molecular weight is 867 g/mol. The van der Waals surface area contributed by atoms with Crippen LogP contribution in [0.15, 0.2) is 18.2 Å². The summed E-state index contributed by atoms with van der Waals surface area (Å²) in [5, 5.41) is 4.59. The van der Waals surface area contributed by atoms with E-state index < -0.39 is 136 Å². The summed E-state index contributed by atoms with van der Waals surface area (Å²) in [5.74, 6) is -12.0. The van der Waals surface area contributed by atoms with Crippen molar-refractivity contribution in [2.75, 3.05) is 13.1 Å². The molecule has 3 heterocycles. The molecule has 1 aromatic heterocycles. The number of hydrogen-bond donors (Lipinski definition) is 3. The first-order chi connectivity index (χ1) is 27.6. The van der Waals surface area contributed by atoms with Gasteiger partial charge in [0.05, 0.1) is 28.2 Å². The van der Waals surface area contributed by atoms with Crippen LogP contribution in [0.2, 0.25) is 0 Å². The van der Waals surface area contributed by atoms with Crippen molar-refractivity contribution in [1.82, 2.24) is 30.2 Å². The molecule has 0 radical (unpaired) electrons. The molecular weight excluding hydrogens is 825 g/mol. The van der Waals surface area contributed by atoms with Crippen molar-refractivity contribution < 1.29 is 72.5 Å². The Balaban J connectivity index is 1.25. The standard InChI is InChI=1S/C36H41F7N6O9S/c1-3-19-24-16-49(26(19)29(51)47-34(14-20(34)28(37)38)31(52)48-59(54,55)33(2)10-11-33)25(50)15-44-32(53)57-23-12-17(23)6-4-5-9-35(39,40)27-30(56-24)46-22-13-18(58-36(41,42)43)7-8-21(22)45-27/h7-8,13,17,19-20,23-24,26,28H,3-6,9-12,14-16H2,1-2H3,(H,44,53)(H,47,51)(H,48,52)/t17-,19-,20+,23-,24+,26+,34-/m1/s1. The molecule has 7 atom stereocenters. The molecule has 3 saturated carbocycles. The molecule has 59 heavy (non-hydrogen) atoms. The zero-order chi connectivity index (χ0) is 42.9. The van der Waals surface area contributed by atoms with Crippen molar-refractivity contribution in [2.45, 2.75) is 119 Å². The van der Waals surface area contributed by atoms with Crippen molar-refractivity contribution in [2.24, 2.45) is 17.8 Å². The summed E-state index contributed by atoms with van der Waals surface area (Å²) < 4.78 is 142. The van der Waals surface area contributed by atoms with Gasteiger partial charge in [0.2, 0.25) is 34.1 Å². The molecule has 2 aromatic rings. The number of benzene rings is 1. The molecule has 3 aliphatic carbocycles. The van der Waals surface area contributed by atoms with Crippen LogP contribution in [0, 0.1) is 17.8 Å². The third-order valence-corrected chi connectivity index (χ3v) is 14.0. The lowest BCUT2D eigenvalue weighted by molar-refractivity contribution is -0.274. The number of carbonyl (C=O) groups excluding carboxylic acids is 4. The van der Waals surface area contributed by atoms with Crippen LogP contribution in [0.5, 0.6) is 11.6 Å². The van der Waals surface area contributed by atoms with E-state index >= 15 is 8.78 Å². The highest BCUT2D eigenvalue weighted by Gasteiger charge is 2.67. The highest BCUT2D eigenvalue weighted by Crippen LogP contribution is 2.50. The fourth-order valence-electron chi connectivity index (χ4n) is 7.86. The van der Waals surface area contributed by atoms with E-state index in [1.807, 2.05) is 4.72 Å². The summed E-state index contributed by atoms with van der Waals surface area (Å²) >= 11 is 0. The van der Waals surface area contributed by atoms with Crippen LogP contribution in [0.3, 0.4) is 0 Å². The molecule has 1 saturated heterocycles. The molecule has 4 amide bonds. The second-order valence-electron chi connectivity index (χ2n) is 16.0. The monoisotopic (exact) mass is 866 g/mol. The molecule has 15 nitrogen and oxygen atoms in total. The topological polar surface area (TPSA) is 195 Å². The predicted molar refractivity (Wildman–Crippen MR) is 188 cm³/mol. The summed E-state index contributed by atoms with van der Waals surface area (Å²) in [7, 11) is -4.35. The van der Waals surface area contributed by atoms with Crippen LogP contribution in [0.4, 0.5) is 35.5 Å². The molecule has 5 aliphatic rings. The van der Waals surface area contributed by atoms with Crippen LogP contribution in [0.1, 0.15) is 77.3 Å². The van der Waals surface area contributed by atoms with Crippen LogP contribution < -0.4 is 24.8 Å². The summed E-state index contributed by atoms with van der Waals surface area (Å²) in [6.45, 7) is 1.56. The molecule has 7 rings (SSSR count). The Morgan fingerprint density at radius 2 is 1.80 bits per heavy atom. The number of fused-ring (bicyclic) bond motifs is 5. The number of alkyl carbamates (subject to hydrolysis) is 1. The highest BCUT2D eigenvalue weighted by atomic mass is 32.2. The van der Waals surface area contributed by atoms with Gasteiger partial charge in [-0.1, -0.05) is 13.3 Å². The molecule has 23 heteroatoms. The normalized spacial score (nSPS) is 30.4. The maximum Gasteiger partial charge on any atom is 0.573 e. The van der Waals surface area contributed by atoms with Gasteiger partial charge in [-0.25, -0.2) is 32.0 Å². The maximum atomic E-state index is 16.2. The van der Waals surface area contributed by atoms with Crippen molar-refractivity contribution in [3.05, 3.63) is 23.9 Å². The minimum absolute atomic E-state index is 0.0268. The maximum absolute atomic E-state index is 16.2. The molecule has 0 spiro atoms. The van der Waals surface area contributed by atoms with Crippen LogP contribution in [0.25, 0.3) is 11.0 Å². The van der Waals surface area contributed by atoms with Crippen molar-refractivity contribution in [3.63, 3.8) is 0 Å². The van der Waals surface area contributed by atoms with Gasteiger partial charge in [-0.2, -0.15) is 8.78 Å². The Bertz CT molecular complexity index is 2140. The number of halogens is 7. The van der Waals surface area contributed by atoms with Crippen LogP contribution in [-0.2, 0) is 35.1 Å². The second kappa shape index (κ2) is 15.1. The number of aromatic nitrogens is 2. The van der Waals surface area contributed by atoms with Crippen LogP contribution >= 0.6 is 0 Å². The van der Waals surface area contributed by atoms with E-state index in [-0.39, 0.29) is 42.6 Å². The lowest BCUT2D eigenvalue weighted by Crippen LogP contribution is -2.59. The number of nitrogens with zero attached hydrogens (tertiary/aromatic N) is 3. The Kier molecular flexibility index (Phi) is 10.8. The molecule has 324 valence electrons. The zero-order valence-corrected chi connectivity index (χ0v) is 32.4. The van der Waals surface area contributed by atoms with Crippen LogP contribution in [-0.4, -0.2) is 102 Å². The van der Waals surface area contributed by atoms with Gasteiger partial charge in [0, 0.05) is 18.4 Å². The SMILES string of the molecule is CC[C@@H]1[C@@H]2CN(C(=O)CNC(=O)O[C@@H]3C[C@H]3CCCCC(F)(F)c3nc4ccc(OC(F)(F)F)cc4nc3O2)[C@@H]1C(=O)N[C@]1(C(=O)NS(=O)(=O)C2(C)CC2)C[C@H]1C(F)F. The quantitative estimate of drug-likeness (QED) is 0.318. The second-order valence-corrected chi connectivity index (χ2v) is 18.2. The Morgan fingerprint density at radius 1 is 1.07 bits per heavy atom. The largest absolute Gasteiger partial charge is 0.573 e. The van der Waals surface area contributed by atoms with Gasteiger partial charge in [-0.3, -0.25) is 19.1 Å². The van der Waals surface area contributed by atoms with Crippen molar-refractivity contribution in [3.8, 4) is 11.6 Å². The van der Waals surface area contributed by atoms with Gasteiger partial charge in [-0.15, -0.1) is 13.2 Å². The van der Waals surface area contributed by atoms with Gasteiger partial charge in [0.15, 0.2) is 5.69 Å². The first-order valence-electron chi connectivity index (χ1n) is 19.1. The van der Waals surface area contributed by atoms with Gasteiger partial charge in [0.1, 0.15) is 36.1 Å². The first kappa shape index (κ1) is 42.4. The minimum atomic E-state index is -5.11. The van der Waals surface area contributed by atoms with Crippen molar-refractivity contribution in [1.29, 1.82) is 0 Å². The fraction of sp³-hybridized carbons (Fsp3) is 0.667. The van der Waals surface area contributed by atoms with Gasteiger partial charge in [0.25, 0.3) is 11.8 Å². The molecule has 3 N–H and O–H groups in total. The van der Waals surface area contributed by atoms with E-state index in [9.17, 15) is 49.5 Å². The number of nitrogens with one attached hydrogen (secondary N) is 3. The number of carbonyl (C=O) groups is 4. The van der Waals surface area contributed by atoms with E-state index in [0.29, 0.717) is 19.3 Å². The lowest BCUT2D eigenvalue weighted by Gasteiger charge is -2.29. The smallest absolute Gasteiger partial charge is 0.471 e. The van der Waals surface area contributed by atoms with E-state index in [0.717, 1.165) is 23.1 Å². The number of amides is 4. The van der Waals surface area contributed by atoms with Gasteiger partial charge >= 0.3 is 12.5 Å². The molecule has 1 aromatic carbocycles. The summed E-state index contributed by atoms with van der Waals surface area (Å²) in [6.07, 6.45) is -11.1. The summed E-state index contributed by atoms with van der Waals surface area (Å²) in [4.78, 5) is 63.3. The molecule has 4 fully saturated rings. The summed E-state index contributed by atoms with van der Waals surface area (Å²) in [6, 6.07) is 0.996. The average Bonchev–Trinajstić information content (AvgIpc) is 4.09. The molecule has 2 aliphatic heterocycles. The highest BCUT2D eigenvalue weighted by molar-refractivity contribution is 7.91. The molecular formula is C36H41F7N6O9S. The number of sulfonamides is 1. The van der Waals surface area contributed by atoms with E-state index in [2.05, 4.69) is 25.3 Å². The van der Waals surface area contributed by atoms with Gasteiger partial charge in [-0.05, 0) is 69.9 Å². The molecule has 2 bridgehead atoms. The van der Waals surface area contributed by atoms with E-state index in [4.69, 9.17) is 9.47 Å². The van der Waals surface area contributed by atoms with Crippen molar-refractivity contribution >= 4 is 44.9 Å². The minimum Gasteiger partial charge on any atom is -0.471 e. The van der Waals surface area contributed by atoms with E-state index in [1.54, 1.807) is 0 Å². The third-order valence-electron chi connectivity index (χ3n) is 11.8. The fourth-order valence-corrected chi connectivity index (χ4v) is 9.17. The Hall–Kier alpha value is -4.70. The number of ether oxygens (including phenoxy) is 3. The Labute approximate surface area is 332 Å². The number of rotatable bonds is 8. The number of alkyl halides is 7. The first-order valence-corrected chi connectivity index (χ1v) is 20.6. The van der Waals surface area contributed by atoms with Gasteiger partial charge < -0.3 is 29.7 Å². The Morgan fingerprint density at radius 3 is 2.44 bits per heavy atom. The predicted octanol–water partition coefficient (Wildman–Crippen LogP) is 4.43.